The van der Waals surface area contributed by atoms with E-state index in [0.29, 0.717) is 5.69 Å². The van der Waals surface area contributed by atoms with Crippen LogP contribution in [0.1, 0.15) is 25.7 Å². The monoisotopic (exact) mass is 262 g/mol. The Morgan fingerprint density at radius 2 is 1.84 bits per heavy atom. The maximum absolute atomic E-state index is 12.2. The van der Waals surface area contributed by atoms with E-state index in [1.54, 1.807) is 12.1 Å². The molecule has 0 saturated heterocycles. The summed E-state index contributed by atoms with van der Waals surface area (Å²) < 4.78 is 0. The zero-order valence-corrected chi connectivity index (χ0v) is 10.7. The fourth-order valence-electron chi connectivity index (χ4n) is 2.45. The van der Waals surface area contributed by atoms with Gasteiger partial charge in [-0.3, -0.25) is 4.79 Å². The predicted molar refractivity (Wildman–Crippen MR) is 72.1 cm³/mol. The van der Waals surface area contributed by atoms with Gasteiger partial charge < -0.3 is 15.3 Å². The third-order valence-corrected chi connectivity index (χ3v) is 3.36. The summed E-state index contributed by atoms with van der Waals surface area (Å²) >= 11 is 0. The minimum Gasteiger partial charge on any atom is -0.480 e. The van der Waals surface area contributed by atoms with Crippen LogP contribution < -0.4 is 5.32 Å². The number of benzene rings is 1. The highest BCUT2D eigenvalue weighted by Gasteiger charge is 2.28. The van der Waals surface area contributed by atoms with Gasteiger partial charge in [0.2, 0.25) is 0 Å². The molecule has 5 nitrogen and oxygen atoms in total. The molecule has 1 aromatic carbocycles. The lowest BCUT2D eigenvalue weighted by atomic mass is 10.2. The molecule has 0 spiro atoms. The van der Waals surface area contributed by atoms with Gasteiger partial charge in [0.1, 0.15) is 6.54 Å². The van der Waals surface area contributed by atoms with Gasteiger partial charge in [0.25, 0.3) is 0 Å². The van der Waals surface area contributed by atoms with E-state index >= 15 is 0 Å². The summed E-state index contributed by atoms with van der Waals surface area (Å²) in [6.07, 6.45) is 3.88. The first kappa shape index (κ1) is 13.4. The summed E-state index contributed by atoms with van der Waals surface area (Å²) in [4.78, 5) is 24.5. The zero-order chi connectivity index (χ0) is 13.7. The predicted octanol–water partition coefficient (Wildman–Crippen LogP) is 2.55. The Hall–Kier alpha value is -2.04. The van der Waals surface area contributed by atoms with Gasteiger partial charge in [0, 0.05) is 11.7 Å². The second kappa shape index (κ2) is 6.22. The lowest BCUT2D eigenvalue weighted by Gasteiger charge is -2.27. The van der Waals surface area contributed by atoms with Crippen molar-refractivity contribution < 1.29 is 14.7 Å². The summed E-state index contributed by atoms with van der Waals surface area (Å²) in [5.74, 6) is -0.977. The van der Waals surface area contributed by atoms with Crippen LogP contribution in [0.25, 0.3) is 0 Å². The number of hydrogen-bond donors (Lipinski definition) is 2. The van der Waals surface area contributed by atoms with Crippen LogP contribution in [0, 0.1) is 0 Å². The smallest absolute Gasteiger partial charge is 0.323 e. The number of carbonyl (C=O) groups is 2. The Kier molecular flexibility index (Phi) is 4.39. The van der Waals surface area contributed by atoms with Gasteiger partial charge in [0.15, 0.2) is 0 Å². The number of anilines is 1. The first-order chi connectivity index (χ1) is 9.16. The van der Waals surface area contributed by atoms with Crippen molar-refractivity contribution in [3.05, 3.63) is 30.3 Å². The quantitative estimate of drug-likeness (QED) is 0.876. The summed E-state index contributed by atoms with van der Waals surface area (Å²) in [5, 5.41) is 11.7. The lowest BCUT2D eigenvalue weighted by molar-refractivity contribution is -0.138. The topological polar surface area (TPSA) is 69.6 Å². The van der Waals surface area contributed by atoms with Gasteiger partial charge in [0.05, 0.1) is 0 Å². The molecule has 5 heteroatoms. The number of rotatable bonds is 4. The number of urea groups is 1. The van der Waals surface area contributed by atoms with E-state index in [-0.39, 0.29) is 18.6 Å². The molecule has 1 aliphatic carbocycles. The first-order valence-electron chi connectivity index (χ1n) is 6.51. The molecule has 1 saturated carbocycles. The van der Waals surface area contributed by atoms with E-state index in [1.165, 1.54) is 4.90 Å². The Morgan fingerprint density at radius 3 is 2.42 bits per heavy atom. The van der Waals surface area contributed by atoms with Gasteiger partial charge in [-0.25, -0.2) is 4.79 Å². The van der Waals surface area contributed by atoms with Crippen LogP contribution in [0.2, 0.25) is 0 Å². The molecule has 2 amide bonds. The highest BCUT2D eigenvalue weighted by molar-refractivity contribution is 5.91. The molecule has 0 bridgehead atoms. The number of carboxylic acids is 1. The Labute approximate surface area is 112 Å². The molecule has 0 radical (unpaired) electrons. The summed E-state index contributed by atoms with van der Waals surface area (Å²) in [6.45, 7) is -0.247. The largest absolute Gasteiger partial charge is 0.480 e. The highest BCUT2D eigenvalue weighted by atomic mass is 16.4. The van der Waals surface area contributed by atoms with E-state index in [4.69, 9.17) is 5.11 Å². The normalized spacial score (nSPS) is 15.2. The fraction of sp³-hybridized carbons (Fsp3) is 0.429. The van der Waals surface area contributed by atoms with Crippen molar-refractivity contribution in [2.75, 3.05) is 11.9 Å². The maximum atomic E-state index is 12.2. The van der Waals surface area contributed by atoms with Crippen LogP contribution in [0.5, 0.6) is 0 Å². The Balaban J connectivity index is 2.04. The second-order valence-corrected chi connectivity index (χ2v) is 4.76. The van der Waals surface area contributed by atoms with Crippen molar-refractivity contribution in [2.24, 2.45) is 0 Å². The van der Waals surface area contributed by atoms with Gasteiger partial charge in [-0.15, -0.1) is 0 Å². The minimum absolute atomic E-state index is 0.0415. The summed E-state index contributed by atoms with van der Waals surface area (Å²) in [5.41, 5.74) is 0.681. The molecular weight excluding hydrogens is 244 g/mol. The van der Waals surface area contributed by atoms with E-state index < -0.39 is 5.97 Å². The molecule has 1 fully saturated rings. The lowest BCUT2D eigenvalue weighted by Crippen LogP contribution is -2.44. The molecule has 1 aromatic rings. The minimum atomic E-state index is -0.977. The number of nitrogens with one attached hydrogen (secondary N) is 1. The van der Waals surface area contributed by atoms with Crippen LogP contribution in [0.4, 0.5) is 10.5 Å². The highest BCUT2D eigenvalue weighted by Crippen LogP contribution is 2.24. The standard InChI is InChI=1S/C14H18N2O3/c17-13(18)10-16(12-8-4-5-9-12)14(19)15-11-6-2-1-3-7-11/h1-3,6-7,12H,4-5,8-10H2,(H,15,19)(H,17,18). The summed E-state index contributed by atoms with van der Waals surface area (Å²) in [6, 6.07) is 8.79. The van der Waals surface area contributed by atoms with E-state index in [1.807, 2.05) is 18.2 Å². The number of carbonyl (C=O) groups excluding carboxylic acids is 1. The van der Waals surface area contributed by atoms with E-state index in [9.17, 15) is 9.59 Å². The maximum Gasteiger partial charge on any atom is 0.323 e. The van der Waals surface area contributed by atoms with E-state index in [2.05, 4.69) is 5.32 Å². The molecule has 2 rings (SSSR count). The third-order valence-electron chi connectivity index (χ3n) is 3.36. The van der Waals surface area contributed by atoms with Crippen LogP contribution in [-0.2, 0) is 4.79 Å². The molecule has 0 unspecified atom stereocenters. The van der Waals surface area contributed by atoms with Crippen LogP contribution in [-0.4, -0.2) is 34.6 Å². The van der Waals surface area contributed by atoms with Crippen LogP contribution >= 0.6 is 0 Å². The van der Waals surface area contributed by atoms with Crippen molar-refractivity contribution in [2.45, 2.75) is 31.7 Å². The second-order valence-electron chi connectivity index (χ2n) is 4.76. The molecule has 0 atom stereocenters. The molecule has 0 aliphatic heterocycles. The SMILES string of the molecule is O=C(O)CN(C(=O)Nc1ccccc1)C1CCCC1. The van der Waals surface area contributed by atoms with Crippen LogP contribution in [0.15, 0.2) is 30.3 Å². The average Bonchev–Trinajstić information content (AvgIpc) is 2.90. The number of aliphatic carboxylic acids is 1. The van der Waals surface area contributed by atoms with Crippen molar-refractivity contribution >= 4 is 17.7 Å². The molecule has 0 heterocycles. The van der Waals surface area contributed by atoms with Crippen molar-refractivity contribution in [3.63, 3.8) is 0 Å². The van der Waals surface area contributed by atoms with Gasteiger partial charge in [-0.2, -0.15) is 0 Å². The fourth-order valence-corrected chi connectivity index (χ4v) is 2.45. The van der Waals surface area contributed by atoms with E-state index in [0.717, 1.165) is 25.7 Å². The first-order valence-corrected chi connectivity index (χ1v) is 6.51. The molecular formula is C14H18N2O3. The molecule has 19 heavy (non-hydrogen) atoms. The molecule has 0 aromatic heterocycles. The zero-order valence-electron chi connectivity index (χ0n) is 10.7. The summed E-state index contributed by atoms with van der Waals surface area (Å²) in [7, 11) is 0. The molecule has 2 N–H and O–H groups in total. The third kappa shape index (κ3) is 3.71. The molecule has 1 aliphatic rings. The van der Waals surface area contributed by atoms with Crippen molar-refractivity contribution in [1.29, 1.82) is 0 Å². The number of nitrogens with zero attached hydrogens (tertiary/aromatic N) is 1. The van der Waals surface area contributed by atoms with Gasteiger partial charge >= 0.3 is 12.0 Å². The Bertz CT molecular complexity index is 441. The van der Waals surface area contributed by atoms with Crippen molar-refractivity contribution in [1.82, 2.24) is 4.90 Å². The van der Waals surface area contributed by atoms with Gasteiger partial charge in [-0.05, 0) is 25.0 Å². The van der Waals surface area contributed by atoms with Crippen molar-refractivity contribution in [3.8, 4) is 0 Å². The average molecular weight is 262 g/mol. The number of carboxylic acid groups (broad SMARTS) is 1. The van der Waals surface area contributed by atoms with Crippen LogP contribution in [0.3, 0.4) is 0 Å². The number of hydrogen-bond acceptors (Lipinski definition) is 2. The number of amides is 2. The number of para-hydroxylation sites is 1. The molecule has 102 valence electrons. The van der Waals surface area contributed by atoms with Gasteiger partial charge in [-0.1, -0.05) is 31.0 Å². The Morgan fingerprint density at radius 1 is 1.21 bits per heavy atom.